The molecular weight excluding hydrogens is 222 g/mol. The normalized spacial score (nSPS) is 24.3. The maximum absolute atomic E-state index is 12.0. The van der Waals surface area contributed by atoms with Crippen molar-refractivity contribution in [2.75, 3.05) is 16.8 Å². The molecule has 0 spiro atoms. The Labute approximate surface area is 99.0 Å². The third kappa shape index (κ3) is 2.29. The summed E-state index contributed by atoms with van der Waals surface area (Å²) in [5, 5.41) is 2.87. The molecule has 16 heavy (non-hydrogen) atoms. The van der Waals surface area contributed by atoms with Gasteiger partial charge in [0, 0.05) is 0 Å². The molecule has 0 aromatic carbocycles. The predicted octanol–water partition coefficient (Wildman–Crippen LogP) is 1.89. The Kier molecular flexibility index (Phi) is 3.05. The number of carbonyl (C=O) groups excluding carboxylic acids is 1. The summed E-state index contributed by atoms with van der Waals surface area (Å²) in [6.07, 6.45) is 3.62. The van der Waals surface area contributed by atoms with E-state index in [1.807, 2.05) is 6.92 Å². The summed E-state index contributed by atoms with van der Waals surface area (Å²) in [6.45, 7) is 1.99. The van der Waals surface area contributed by atoms with Crippen molar-refractivity contribution >= 4 is 29.2 Å². The highest BCUT2D eigenvalue weighted by Gasteiger charge is 2.37. The summed E-state index contributed by atoms with van der Waals surface area (Å²) in [7, 11) is 0. The Hall–Kier alpha value is -1.23. The lowest BCUT2D eigenvalue weighted by Gasteiger charge is -2.21. The molecule has 0 saturated carbocycles. The van der Waals surface area contributed by atoms with Gasteiger partial charge in [0.25, 0.3) is 0 Å². The molecule has 86 valence electrons. The van der Waals surface area contributed by atoms with E-state index in [0.29, 0.717) is 11.5 Å². The van der Waals surface area contributed by atoms with Crippen LogP contribution in [0.25, 0.3) is 0 Å². The Morgan fingerprint density at radius 3 is 3.00 bits per heavy atom. The number of hydrogen-bond acceptors (Lipinski definition) is 4. The molecule has 4 nitrogen and oxygen atoms in total. The molecule has 2 rings (SSSR count). The molecule has 1 aromatic heterocycles. The molecule has 5 heteroatoms. The first-order valence-electron chi connectivity index (χ1n) is 5.27. The second-order valence-corrected chi connectivity index (χ2v) is 5.71. The second kappa shape index (κ2) is 4.33. The van der Waals surface area contributed by atoms with Gasteiger partial charge in [-0.25, -0.2) is 4.98 Å². The van der Waals surface area contributed by atoms with Crippen LogP contribution in [-0.4, -0.2) is 21.4 Å². The number of amides is 1. The molecule has 0 radical (unpaired) electrons. The summed E-state index contributed by atoms with van der Waals surface area (Å²) in [5.41, 5.74) is 6.18. The number of nitrogen functional groups attached to an aromatic ring is 1. The van der Waals surface area contributed by atoms with E-state index in [0.717, 1.165) is 18.6 Å². The standard InChI is InChI=1S/C11H15N3OS/c1-11(5-2-6-16-11)10(15)14-8-3-4-9(12)13-7-8/h3-4,7H,2,5-6H2,1H3,(H2,12,13)(H,14,15). The van der Waals surface area contributed by atoms with E-state index in [4.69, 9.17) is 5.73 Å². The average Bonchev–Trinajstić information content (AvgIpc) is 2.70. The first kappa shape index (κ1) is 11.3. The van der Waals surface area contributed by atoms with Gasteiger partial charge < -0.3 is 11.1 Å². The lowest BCUT2D eigenvalue weighted by Crippen LogP contribution is -2.34. The summed E-state index contributed by atoms with van der Waals surface area (Å²) in [6, 6.07) is 3.45. The molecular formula is C11H15N3OS. The number of pyridine rings is 1. The number of thioether (sulfide) groups is 1. The topological polar surface area (TPSA) is 68.0 Å². The first-order valence-corrected chi connectivity index (χ1v) is 6.26. The highest BCUT2D eigenvalue weighted by atomic mass is 32.2. The molecule has 1 fully saturated rings. The van der Waals surface area contributed by atoms with Gasteiger partial charge in [0.1, 0.15) is 5.82 Å². The smallest absolute Gasteiger partial charge is 0.240 e. The third-order valence-electron chi connectivity index (χ3n) is 2.74. The number of hydrogen-bond donors (Lipinski definition) is 2. The molecule has 3 N–H and O–H groups in total. The van der Waals surface area contributed by atoms with Crippen molar-refractivity contribution in [3.8, 4) is 0 Å². The lowest BCUT2D eigenvalue weighted by molar-refractivity contribution is -0.118. The van der Waals surface area contributed by atoms with Gasteiger partial charge in [-0.15, -0.1) is 11.8 Å². The van der Waals surface area contributed by atoms with Gasteiger partial charge >= 0.3 is 0 Å². The molecule has 1 atom stereocenters. The first-order chi connectivity index (χ1) is 7.60. The number of nitrogens with two attached hydrogens (primary N) is 1. The van der Waals surface area contributed by atoms with Crippen molar-refractivity contribution in [2.24, 2.45) is 0 Å². The Balaban J connectivity index is 2.04. The van der Waals surface area contributed by atoms with Gasteiger partial charge in [-0.05, 0) is 37.7 Å². The summed E-state index contributed by atoms with van der Waals surface area (Å²) < 4.78 is -0.290. The van der Waals surface area contributed by atoms with Crippen molar-refractivity contribution in [1.82, 2.24) is 4.98 Å². The highest BCUT2D eigenvalue weighted by Crippen LogP contribution is 2.38. The molecule has 1 saturated heterocycles. The molecule has 1 aromatic rings. The van der Waals surface area contributed by atoms with Crippen molar-refractivity contribution in [3.05, 3.63) is 18.3 Å². The minimum absolute atomic E-state index is 0.0570. The lowest BCUT2D eigenvalue weighted by atomic mass is 10.0. The van der Waals surface area contributed by atoms with Crippen molar-refractivity contribution < 1.29 is 4.79 Å². The van der Waals surface area contributed by atoms with E-state index >= 15 is 0 Å². The van der Waals surface area contributed by atoms with Gasteiger partial charge in [0.05, 0.1) is 16.6 Å². The fraction of sp³-hybridized carbons (Fsp3) is 0.455. The highest BCUT2D eigenvalue weighted by molar-refractivity contribution is 8.01. The van der Waals surface area contributed by atoms with E-state index in [9.17, 15) is 4.79 Å². The van der Waals surface area contributed by atoms with Crippen LogP contribution in [0.3, 0.4) is 0 Å². The molecule has 1 amide bonds. The van der Waals surface area contributed by atoms with Crippen LogP contribution in [0.1, 0.15) is 19.8 Å². The number of aromatic nitrogens is 1. The molecule has 0 aliphatic carbocycles. The minimum Gasteiger partial charge on any atom is -0.384 e. The molecule has 0 bridgehead atoms. The van der Waals surface area contributed by atoms with Gasteiger partial charge in [0.15, 0.2) is 0 Å². The van der Waals surface area contributed by atoms with Crippen LogP contribution in [0.2, 0.25) is 0 Å². The van der Waals surface area contributed by atoms with Gasteiger partial charge in [-0.2, -0.15) is 0 Å². The van der Waals surface area contributed by atoms with Crippen LogP contribution in [0.4, 0.5) is 11.5 Å². The van der Waals surface area contributed by atoms with E-state index in [1.165, 1.54) is 0 Å². The van der Waals surface area contributed by atoms with Crippen LogP contribution < -0.4 is 11.1 Å². The number of rotatable bonds is 2. The molecule has 2 heterocycles. The number of carbonyl (C=O) groups is 1. The Morgan fingerprint density at radius 2 is 2.44 bits per heavy atom. The zero-order valence-electron chi connectivity index (χ0n) is 9.19. The molecule has 1 aliphatic heterocycles. The third-order valence-corrected chi connectivity index (χ3v) is 4.26. The van der Waals surface area contributed by atoms with E-state index in [-0.39, 0.29) is 10.7 Å². The number of anilines is 2. The van der Waals surface area contributed by atoms with Crippen molar-refractivity contribution in [1.29, 1.82) is 0 Å². The van der Waals surface area contributed by atoms with Crippen LogP contribution in [0.15, 0.2) is 18.3 Å². The van der Waals surface area contributed by atoms with E-state index < -0.39 is 0 Å². The van der Waals surface area contributed by atoms with Crippen LogP contribution >= 0.6 is 11.8 Å². The Morgan fingerprint density at radius 1 is 1.62 bits per heavy atom. The maximum atomic E-state index is 12.0. The van der Waals surface area contributed by atoms with Crippen LogP contribution in [-0.2, 0) is 4.79 Å². The van der Waals surface area contributed by atoms with Crippen molar-refractivity contribution in [2.45, 2.75) is 24.5 Å². The van der Waals surface area contributed by atoms with E-state index in [2.05, 4.69) is 10.3 Å². The summed E-state index contributed by atoms with van der Waals surface area (Å²) in [5.74, 6) is 1.57. The average molecular weight is 237 g/mol. The molecule has 1 aliphatic rings. The van der Waals surface area contributed by atoms with Gasteiger partial charge in [-0.1, -0.05) is 0 Å². The van der Waals surface area contributed by atoms with Gasteiger partial charge in [-0.3, -0.25) is 4.79 Å². The fourth-order valence-electron chi connectivity index (χ4n) is 1.70. The molecule has 1 unspecified atom stereocenters. The summed E-state index contributed by atoms with van der Waals surface area (Å²) in [4.78, 5) is 16.0. The largest absolute Gasteiger partial charge is 0.384 e. The Bertz CT molecular complexity index is 385. The van der Waals surface area contributed by atoms with Gasteiger partial charge in [0.2, 0.25) is 5.91 Å². The zero-order chi connectivity index (χ0) is 11.6. The zero-order valence-corrected chi connectivity index (χ0v) is 10.0. The summed E-state index contributed by atoms with van der Waals surface area (Å²) >= 11 is 1.72. The van der Waals surface area contributed by atoms with Crippen LogP contribution in [0, 0.1) is 0 Å². The SMILES string of the molecule is CC1(C(=O)Nc2ccc(N)nc2)CCCS1. The number of nitrogens with one attached hydrogen (secondary N) is 1. The maximum Gasteiger partial charge on any atom is 0.240 e. The van der Waals surface area contributed by atoms with Crippen LogP contribution in [0.5, 0.6) is 0 Å². The fourth-order valence-corrected chi connectivity index (χ4v) is 2.91. The predicted molar refractivity (Wildman–Crippen MR) is 67.4 cm³/mol. The minimum atomic E-state index is -0.290. The monoisotopic (exact) mass is 237 g/mol. The second-order valence-electron chi connectivity index (χ2n) is 4.11. The van der Waals surface area contributed by atoms with E-state index in [1.54, 1.807) is 30.1 Å². The number of nitrogens with zero attached hydrogens (tertiary/aromatic N) is 1. The van der Waals surface area contributed by atoms with Crippen molar-refractivity contribution in [3.63, 3.8) is 0 Å². The quantitative estimate of drug-likeness (QED) is 0.824.